The SMILES string of the molecule is Cc1ccc(OCCSc2nc3nc(C)c(C)c(C)n3n2)cc1. The van der Waals surface area contributed by atoms with Crippen LogP contribution in [0.25, 0.3) is 5.78 Å². The van der Waals surface area contributed by atoms with Crippen molar-refractivity contribution in [3.63, 3.8) is 0 Å². The average Bonchev–Trinajstić information content (AvgIpc) is 2.94. The zero-order chi connectivity index (χ0) is 16.4. The van der Waals surface area contributed by atoms with Crippen molar-refractivity contribution in [3.8, 4) is 5.75 Å². The molecule has 2 aromatic heterocycles. The van der Waals surface area contributed by atoms with E-state index in [2.05, 4.69) is 28.9 Å². The van der Waals surface area contributed by atoms with E-state index in [1.54, 1.807) is 11.8 Å². The number of aromatic nitrogens is 4. The van der Waals surface area contributed by atoms with Gasteiger partial charge in [-0.25, -0.2) is 9.50 Å². The van der Waals surface area contributed by atoms with Gasteiger partial charge >= 0.3 is 0 Å². The molecule has 0 aliphatic heterocycles. The van der Waals surface area contributed by atoms with Gasteiger partial charge in [-0.3, -0.25) is 0 Å². The fraction of sp³-hybridized carbons (Fsp3) is 0.353. The lowest BCUT2D eigenvalue weighted by Gasteiger charge is -2.05. The quantitative estimate of drug-likeness (QED) is 0.530. The molecule has 6 heteroatoms. The van der Waals surface area contributed by atoms with E-state index in [9.17, 15) is 0 Å². The van der Waals surface area contributed by atoms with Crippen molar-refractivity contribution in [2.24, 2.45) is 0 Å². The number of aryl methyl sites for hydroxylation is 3. The van der Waals surface area contributed by atoms with Crippen molar-refractivity contribution in [1.29, 1.82) is 0 Å². The Bertz CT molecular complexity index is 827. The molecule has 0 fully saturated rings. The molecule has 0 aliphatic rings. The lowest BCUT2D eigenvalue weighted by Crippen LogP contribution is -2.02. The van der Waals surface area contributed by atoms with Crippen LogP contribution in [-0.2, 0) is 0 Å². The number of rotatable bonds is 5. The fourth-order valence-electron chi connectivity index (χ4n) is 2.23. The molecule has 0 amide bonds. The van der Waals surface area contributed by atoms with Gasteiger partial charge < -0.3 is 4.74 Å². The van der Waals surface area contributed by atoms with Crippen molar-refractivity contribution < 1.29 is 4.74 Å². The topological polar surface area (TPSA) is 52.3 Å². The van der Waals surface area contributed by atoms with Crippen LogP contribution in [0.5, 0.6) is 5.75 Å². The Hall–Kier alpha value is -2.08. The summed E-state index contributed by atoms with van der Waals surface area (Å²) in [4.78, 5) is 8.97. The van der Waals surface area contributed by atoms with Gasteiger partial charge in [0.1, 0.15) is 5.75 Å². The number of benzene rings is 1. The molecule has 0 spiro atoms. The lowest BCUT2D eigenvalue weighted by atomic mass is 10.2. The smallest absolute Gasteiger partial charge is 0.253 e. The molecule has 0 atom stereocenters. The van der Waals surface area contributed by atoms with Crippen LogP contribution in [-0.4, -0.2) is 31.9 Å². The summed E-state index contributed by atoms with van der Waals surface area (Å²) in [7, 11) is 0. The Balaban J connectivity index is 1.61. The summed E-state index contributed by atoms with van der Waals surface area (Å²) in [6, 6.07) is 8.07. The number of fused-ring (bicyclic) bond motifs is 1. The van der Waals surface area contributed by atoms with Gasteiger partial charge in [-0.1, -0.05) is 29.5 Å². The normalized spacial score (nSPS) is 11.1. The van der Waals surface area contributed by atoms with Crippen LogP contribution in [0.3, 0.4) is 0 Å². The first-order valence-electron chi connectivity index (χ1n) is 7.57. The first kappa shape index (κ1) is 15.8. The Labute approximate surface area is 140 Å². The van der Waals surface area contributed by atoms with Crippen LogP contribution >= 0.6 is 11.8 Å². The van der Waals surface area contributed by atoms with E-state index in [0.717, 1.165) is 33.6 Å². The van der Waals surface area contributed by atoms with Crippen molar-refractivity contribution in [1.82, 2.24) is 19.6 Å². The van der Waals surface area contributed by atoms with Crippen LogP contribution in [0.4, 0.5) is 0 Å². The molecule has 0 N–H and O–H groups in total. The van der Waals surface area contributed by atoms with Gasteiger partial charge in [0, 0.05) is 17.1 Å². The summed E-state index contributed by atoms with van der Waals surface area (Å²) in [6.45, 7) is 8.78. The third kappa shape index (κ3) is 3.47. The first-order chi connectivity index (χ1) is 11.0. The summed E-state index contributed by atoms with van der Waals surface area (Å²) in [5, 5.41) is 5.26. The van der Waals surface area contributed by atoms with Crippen molar-refractivity contribution in [2.45, 2.75) is 32.9 Å². The molecular formula is C17H20N4OS. The van der Waals surface area contributed by atoms with E-state index in [1.807, 2.05) is 42.6 Å². The van der Waals surface area contributed by atoms with Gasteiger partial charge in [0.05, 0.1) is 6.61 Å². The predicted molar refractivity (Wildman–Crippen MR) is 92.4 cm³/mol. The lowest BCUT2D eigenvalue weighted by molar-refractivity contribution is 0.344. The van der Waals surface area contributed by atoms with E-state index >= 15 is 0 Å². The Morgan fingerprint density at radius 3 is 2.52 bits per heavy atom. The Kier molecular flexibility index (Phi) is 4.52. The van der Waals surface area contributed by atoms with Gasteiger partial charge in [0.2, 0.25) is 5.16 Å². The maximum absolute atomic E-state index is 5.72. The summed E-state index contributed by atoms with van der Waals surface area (Å²) >= 11 is 1.58. The standard InChI is InChI=1S/C17H20N4OS/c1-11-5-7-15(8-6-11)22-9-10-23-17-19-16-18-13(3)12(2)14(4)21(16)20-17/h5-8H,9-10H2,1-4H3. The summed E-state index contributed by atoms with van der Waals surface area (Å²) < 4.78 is 7.53. The monoisotopic (exact) mass is 328 g/mol. The Morgan fingerprint density at radius 2 is 1.78 bits per heavy atom. The van der Waals surface area contributed by atoms with Gasteiger partial charge in [-0.05, 0) is 45.4 Å². The molecule has 0 radical (unpaired) electrons. The summed E-state index contributed by atoms with van der Waals surface area (Å²) in [6.07, 6.45) is 0. The average molecular weight is 328 g/mol. The number of nitrogens with zero attached hydrogens (tertiary/aromatic N) is 4. The van der Waals surface area contributed by atoms with Gasteiger partial charge in [0.15, 0.2) is 0 Å². The van der Waals surface area contributed by atoms with Crippen LogP contribution in [0.2, 0.25) is 0 Å². The second-order valence-corrected chi connectivity index (χ2v) is 6.59. The number of hydrogen-bond acceptors (Lipinski definition) is 5. The molecule has 3 rings (SSSR count). The third-order valence-electron chi connectivity index (χ3n) is 3.85. The summed E-state index contributed by atoms with van der Waals surface area (Å²) in [5.41, 5.74) is 4.47. The van der Waals surface area contributed by atoms with E-state index in [1.165, 1.54) is 5.56 Å². The zero-order valence-corrected chi connectivity index (χ0v) is 14.6. The van der Waals surface area contributed by atoms with Crippen LogP contribution in [0.1, 0.15) is 22.5 Å². The van der Waals surface area contributed by atoms with Crippen LogP contribution < -0.4 is 4.74 Å². The fourth-order valence-corrected chi connectivity index (χ4v) is 2.86. The Morgan fingerprint density at radius 1 is 1.04 bits per heavy atom. The number of thioether (sulfide) groups is 1. The molecule has 1 aromatic carbocycles. The van der Waals surface area contributed by atoms with Crippen molar-refractivity contribution in [3.05, 3.63) is 46.8 Å². The zero-order valence-electron chi connectivity index (χ0n) is 13.8. The number of hydrogen-bond donors (Lipinski definition) is 0. The van der Waals surface area contributed by atoms with E-state index < -0.39 is 0 Å². The third-order valence-corrected chi connectivity index (χ3v) is 4.65. The maximum Gasteiger partial charge on any atom is 0.253 e. The highest BCUT2D eigenvalue weighted by atomic mass is 32.2. The predicted octanol–water partition coefficient (Wildman–Crippen LogP) is 3.53. The molecule has 23 heavy (non-hydrogen) atoms. The molecule has 2 heterocycles. The van der Waals surface area contributed by atoms with Gasteiger partial charge in [0.25, 0.3) is 5.78 Å². The van der Waals surface area contributed by atoms with Crippen LogP contribution in [0.15, 0.2) is 29.4 Å². The second kappa shape index (κ2) is 6.58. The minimum atomic E-state index is 0.619. The maximum atomic E-state index is 5.72. The summed E-state index contributed by atoms with van der Waals surface area (Å²) in [5.74, 6) is 2.34. The minimum absolute atomic E-state index is 0.619. The largest absolute Gasteiger partial charge is 0.493 e. The molecule has 120 valence electrons. The second-order valence-electron chi connectivity index (χ2n) is 5.52. The minimum Gasteiger partial charge on any atom is -0.493 e. The molecule has 3 aromatic rings. The van der Waals surface area contributed by atoms with Crippen molar-refractivity contribution in [2.75, 3.05) is 12.4 Å². The van der Waals surface area contributed by atoms with E-state index in [4.69, 9.17) is 4.74 Å². The molecule has 0 unspecified atom stereocenters. The van der Waals surface area contributed by atoms with Gasteiger partial charge in [-0.15, -0.1) is 5.10 Å². The molecular weight excluding hydrogens is 308 g/mol. The number of ether oxygens (including phenoxy) is 1. The highest BCUT2D eigenvalue weighted by molar-refractivity contribution is 7.99. The molecule has 0 aliphatic carbocycles. The highest BCUT2D eigenvalue weighted by Crippen LogP contribution is 2.18. The first-order valence-corrected chi connectivity index (χ1v) is 8.56. The molecule has 0 bridgehead atoms. The molecule has 0 saturated heterocycles. The van der Waals surface area contributed by atoms with Gasteiger partial charge in [-0.2, -0.15) is 4.98 Å². The molecule has 5 nitrogen and oxygen atoms in total. The highest BCUT2D eigenvalue weighted by Gasteiger charge is 2.11. The van der Waals surface area contributed by atoms with E-state index in [0.29, 0.717) is 12.4 Å². The van der Waals surface area contributed by atoms with Crippen molar-refractivity contribution >= 4 is 17.5 Å². The van der Waals surface area contributed by atoms with Crippen LogP contribution in [0, 0.1) is 27.7 Å². The van der Waals surface area contributed by atoms with E-state index in [-0.39, 0.29) is 0 Å². The molecule has 0 saturated carbocycles.